The Labute approximate surface area is 125 Å². The van der Waals surface area contributed by atoms with Gasteiger partial charge in [-0.3, -0.25) is 9.59 Å². The second-order valence-corrected chi connectivity index (χ2v) is 4.75. The van der Waals surface area contributed by atoms with Crippen molar-refractivity contribution in [3.63, 3.8) is 0 Å². The van der Waals surface area contributed by atoms with Gasteiger partial charge in [-0.25, -0.2) is 0 Å². The molecule has 0 heterocycles. The number of rotatable bonds is 9. The first-order valence-electron chi connectivity index (χ1n) is 7.05. The summed E-state index contributed by atoms with van der Waals surface area (Å²) in [6, 6.07) is 6.83. The molecule has 0 fully saturated rings. The number of ether oxygens (including phenoxy) is 1. The van der Waals surface area contributed by atoms with Crippen molar-refractivity contribution >= 4 is 11.8 Å². The number of likely N-dealkylation sites (N-methyl/N-ethyl adjacent to an activating group) is 1. The molecule has 0 aliphatic rings. The lowest BCUT2D eigenvalue weighted by atomic mass is 10.2. The van der Waals surface area contributed by atoms with Gasteiger partial charge in [-0.05, 0) is 31.7 Å². The van der Waals surface area contributed by atoms with Gasteiger partial charge in [0.25, 0.3) is 0 Å². The number of carbonyl (C=O) groups excluding carboxylic acids is 2. The summed E-state index contributed by atoms with van der Waals surface area (Å²) in [5.41, 5.74) is 5.57. The Hall–Kier alpha value is -2.08. The number of hydrogen-bond acceptors (Lipinski definition) is 4. The van der Waals surface area contributed by atoms with E-state index < -0.39 is 5.91 Å². The van der Waals surface area contributed by atoms with Gasteiger partial charge in [0.2, 0.25) is 11.8 Å². The van der Waals surface area contributed by atoms with Crippen LogP contribution in [-0.2, 0) is 4.79 Å². The molecule has 0 radical (unpaired) electrons. The van der Waals surface area contributed by atoms with Crippen LogP contribution in [0.25, 0.3) is 0 Å². The van der Waals surface area contributed by atoms with Gasteiger partial charge in [0, 0.05) is 18.2 Å². The molecule has 1 aromatic carbocycles. The molecule has 0 aliphatic heterocycles. The molecule has 0 saturated heterocycles. The summed E-state index contributed by atoms with van der Waals surface area (Å²) in [6.07, 6.45) is 0.264. The van der Waals surface area contributed by atoms with Crippen molar-refractivity contribution in [3.8, 4) is 5.75 Å². The summed E-state index contributed by atoms with van der Waals surface area (Å²) in [5, 5.41) is 6.04. The molecule has 1 atom stereocenters. The molecule has 116 valence electrons. The van der Waals surface area contributed by atoms with Crippen molar-refractivity contribution < 1.29 is 14.3 Å². The maximum Gasteiger partial charge on any atom is 0.248 e. The summed E-state index contributed by atoms with van der Waals surface area (Å²) in [5.74, 6) is -0.0402. The molecule has 6 nitrogen and oxygen atoms in total. The average Bonchev–Trinajstić information content (AvgIpc) is 2.46. The third-order valence-electron chi connectivity index (χ3n) is 2.87. The number of amides is 2. The highest BCUT2D eigenvalue weighted by Crippen LogP contribution is 2.12. The molecule has 1 rings (SSSR count). The van der Waals surface area contributed by atoms with E-state index in [1.807, 2.05) is 13.8 Å². The molecule has 6 heteroatoms. The second-order valence-electron chi connectivity index (χ2n) is 4.75. The van der Waals surface area contributed by atoms with E-state index in [2.05, 4.69) is 10.6 Å². The minimum Gasteiger partial charge on any atom is -0.493 e. The minimum atomic E-state index is -0.504. The smallest absolute Gasteiger partial charge is 0.248 e. The fourth-order valence-corrected chi connectivity index (χ4v) is 1.78. The third-order valence-corrected chi connectivity index (χ3v) is 2.87. The monoisotopic (exact) mass is 293 g/mol. The Morgan fingerprint density at radius 3 is 2.81 bits per heavy atom. The van der Waals surface area contributed by atoms with Crippen LogP contribution < -0.4 is 21.1 Å². The fourth-order valence-electron chi connectivity index (χ4n) is 1.78. The Kier molecular flexibility index (Phi) is 7.25. The van der Waals surface area contributed by atoms with E-state index >= 15 is 0 Å². The molecule has 2 amide bonds. The topological polar surface area (TPSA) is 93.4 Å². The van der Waals surface area contributed by atoms with E-state index in [0.717, 1.165) is 6.54 Å². The third kappa shape index (κ3) is 6.76. The molecule has 0 aromatic heterocycles. The SMILES string of the molecule is CCN[C@H](C)CNC(=O)CCOc1cccc(C(N)=O)c1. The van der Waals surface area contributed by atoms with Crippen molar-refractivity contribution in [1.29, 1.82) is 0 Å². The number of nitrogens with one attached hydrogen (secondary N) is 2. The van der Waals surface area contributed by atoms with Gasteiger partial charge in [-0.2, -0.15) is 0 Å². The Bertz CT molecular complexity index is 477. The molecular weight excluding hydrogens is 270 g/mol. The van der Waals surface area contributed by atoms with Gasteiger partial charge in [-0.15, -0.1) is 0 Å². The summed E-state index contributed by atoms with van der Waals surface area (Å²) in [4.78, 5) is 22.7. The largest absolute Gasteiger partial charge is 0.493 e. The quantitative estimate of drug-likeness (QED) is 0.624. The van der Waals surface area contributed by atoms with E-state index in [-0.39, 0.29) is 25.0 Å². The van der Waals surface area contributed by atoms with E-state index in [1.54, 1.807) is 24.3 Å². The van der Waals surface area contributed by atoms with E-state index in [9.17, 15) is 9.59 Å². The summed E-state index contributed by atoms with van der Waals surface area (Å²) >= 11 is 0. The zero-order valence-corrected chi connectivity index (χ0v) is 12.5. The van der Waals surface area contributed by atoms with Crippen molar-refractivity contribution in [2.24, 2.45) is 5.73 Å². The minimum absolute atomic E-state index is 0.0641. The highest BCUT2D eigenvalue weighted by atomic mass is 16.5. The van der Waals surface area contributed by atoms with Crippen molar-refractivity contribution in [1.82, 2.24) is 10.6 Å². The first kappa shape index (κ1) is 17.0. The maximum absolute atomic E-state index is 11.6. The predicted molar refractivity (Wildman–Crippen MR) is 81.2 cm³/mol. The first-order chi connectivity index (χ1) is 10.0. The Morgan fingerprint density at radius 1 is 1.38 bits per heavy atom. The van der Waals surface area contributed by atoms with Crippen molar-refractivity contribution in [2.45, 2.75) is 26.3 Å². The highest BCUT2D eigenvalue weighted by molar-refractivity contribution is 5.93. The fraction of sp³-hybridized carbons (Fsp3) is 0.467. The zero-order valence-electron chi connectivity index (χ0n) is 12.5. The van der Waals surface area contributed by atoms with Gasteiger partial charge in [0.15, 0.2) is 0 Å². The number of carbonyl (C=O) groups is 2. The molecule has 0 bridgehead atoms. The van der Waals surface area contributed by atoms with Crippen molar-refractivity contribution in [3.05, 3.63) is 29.8 Å². The van der Waals surface area contributed by atoms with Crippen LogP contribution in [0, 0.1) is 0 Å². The summed E-state index contributed by atoms with van der Waals surface area (Å²) in [7, 11) is 0. The number of nitrogens with two attached hydrogens (primary N) is 1. The van der Waals surface area contributed by atoms with Gasteiger partial charge in [0.1, 0.15) is 5.75 Å². The standard InChI is InChI=1S/C15H23N3O3/c1-3-17-11(2)10-18-14(19)7-8-21-13-6-4-5-12(9-13)15(16)20/h4-6,9,11,17H,3,7-8,10H2,1-2H3,(H2,16,20)(H,18,19)/t11-/m1/s1. The molecule has 0 unspecified atom stereocenters. The molecule has 1 aromatic rings. The van der Waals surface area contributed by atoms with Crippen LogP contribution in [0.2, 0.25) is 0 Å². The van der Waals surface area contributed by atoms with Crippen LogP contribution in [0.1, 0.15) is 30.6 Å². The summed E-state index contributed by atoms with van der Waals surface area (Å²) < 4.78 is 5.44. The molecule has 0 aliphatic carbocycles. The molecule has 0 saturated carbocycles. The van der Waals surface area contributed by atoms with Crippen molar-refractivity contribution in [2.75, 3.05) is 19.7 Å². The van der Waals surface area contributed by atoms with Gasteiger partial charge >= 0.3 is 0 Å². The second kappa shape index (κ2) is 8.97. The van der Waals surface area contributed by atoms with Gasteiger partial charge in [0.05, 0.1) is 13.0 Å². The molecule has 0 spiro atoms. The Morgan fingerprint density at radius 2 is 2.14 bits per heavy atom. The summed E-state index contributed by atoms with van der Waals surface area (Å²) in [6.45, 7) is 5.74. The lowest BCUT2D eigenvalue weighted by molar-refractivity contribution is -0.121. The van der Waals surface area contributed by atoms with Crippen LogP contribution in [0.3, 0.4) is 0 Å². The van der Waals surface area contributed by atoms with Crippen LogP contribution in [0.5, 0.6) is 5.75 Å². The highest BCUT2D eigenvalue weighted by Gasteiger charge is 2.06. The van der Waals surface area contributed by atoms with Crippen LogP contribution in [-0.4, -0.2) is 37.6 Å². The van der Waals surface area contributed by atoms with E-state index in [1.165, 1.54) is 0 Å². The van der Waals surface area contributed by atoms with Crippen LogP contribution in [0.4, 0.5) is 0 Å². The predicted octanol–water partition coefficient (Wildman–Crippen LogP) is 0.669. The lowest BCUT2D eigenvalue weighted by Gasteiger charge is -2.13. The number of benzene rings is 1. The maximum atomic E-state index is 11.6. The lowest BCUT2D eigenvalue weighted by Crippen LogP contribution is -2.39. The van der Waals surface area contributed by atoms with Gasteiger partial charge < -0.3 is 21.1 Å². The number of hydrogen-bond donors (Lipinski definition) is 3. The Balaban J connectivity index is 2.28. The van der Waals surface area contributed by atoms with E-state index in [0.29, 0.717) is 17.9 Å². The van der Waals surface area contributed by atoms with E-state index in [4.69, 9.17) is 10.5 Å². The van der Waals surface area contributed by atoms with Crippen LogP contribution >= 0.6 is 0 Å². The number of primary amides is 1. The first-order valence-corrected chi connectivity index (χ1v) is 7.05. The molecular formula is C15H23N3O3. The molecule has 21 heavy (non-hydrogen) atoms. The molecule has 4 N–H and O–H groups in total. The van der Waals surface area contributed by atoms with Crippen LogP contribution in [0.15, 0.2) is 24.3 Å². The zero-order chi connectivity index (χ0) is 15.7. The van der Waals surface area contributed by atoms with Gasteiger partial charge in [-0.1, -0.05) is 13.0 Å². The average molecular weight is 293 g/mol. The normalized spacial score (nSPS) is 11.7.